The van der Waals surface area contributed by atoms with Crippen molar-refractivity contribution in [2.24, 2.45) is 5.41 Å². The third-order valence-corrected chi connectivity index (χ3v) is 3.99. The number of methoxy groups -OCH3 is 1. The number of carbonyl (C=O) groups excluding carboxylic acids is 1. The van der Waals surface area contributed by atoms with Crippen LogP contribution in [0.5, 0.6) is 11.5 Å². The number of phenolic OH excluding ortho intramolecular Hbond substituents is 2. The van der Waals surface area contributed by atoms with E-state index in [1.54, 1.807) is 7.11 Å². The van der Waals surface area contributed by atoms with E-state index < -0.39 is 0 Å². The molecule has 0 spiro atoms. The summed E-state index contributed by atoms with van der Waals surface area (Å²) in [7, 11) is 1.66. The Kier molecular flexibility index (Phi) is 3.41. The topological polar surface area (TPSA) is 78.8 Å². The molecule has 0 bridgehead atoms. The van der Waals surface area contributed by atoms with Crippen molar-refractivity contribution in [2.75, 3.05) is 7.11 Å². The van der Waals surface area contributed by atoms with Crippen molar-refractivity contribution in [2.45, 2.75) is 32.4 Å². The third kappa shape index (κ3) is 2.38. The minimum absolute atomic E-state index is 0.00769. The van der Waals surface area contributed by atoms with E-state index in [4.69, 9.17) is 4.74 Å². The highest BCUT2D eigenvalue weighted by molar-refractivity contribution is 5.97. The van der Waals surface area contributed by atoms with Gasteiger partial charge in [-0.3, -0.25) is 4.79 Å². The number of ether oxygens (including phenoxy) is 1. The van der Waals surface area contributed by atoms with Gasteiger partial charge < -0.3 is 20.3 Å². The van der Waals surface area contributed by atoms with Gasteiger partial charge in [0.2, 0.25) is 0 Å². The maximum Gasteiger partial charge on any atom is 0.255 e. The molecule has 5 nitrogen and oxygen atoms in total. The zero-order valence-electron chi connectivity index (χ0n) is 11.3. The highest BCUT2D eigenvalue weighted by Gasteiger charge is 2.49. The summed E-state index contributed by atoms with van der Waals surface area (Å²) in [5.41, 5.74) is -0.0618. The molecular weight excluding hydrogens is 246 g/mol. The summed E-state index contributed by atoms with van der Waals surface area (Å²) >= 11 is 0. The van der Waals surface area contributed by atoms with Crippen LogP contribution in [0.25, 0.3) is 0 Å². The molecule has 1 amide bonds. The van der Waals surface area contributed by atoms with E-state index in [0.717, 1.165) is 6.42 Å². The third-order valence-electron chi connectivity index (χ3n) is 3.99. The van der Waals surface area contributed by atoms with Gasteiger partial charge in [0.25, 0.3) is 5.91 Å². The number of benzene rings is 1. The summed E-state index contributed by atoms with van der Waals surface area (Å²) in [6.45, 7) is 4.05. The van der Waals surface area contributed by atoms with E-state index in [1.165, 1.54) is 18.2 Å². The van der Waals surface area contributed by atoms with Gasteiger partial charge in [-0.05, 0) is 24.6 Å². The Morgan fingerprint density at radius 2 is 2.11 bits per heavy atom. The summed E-state index contributed by atoms with van der Waals surface area (Å²) in [5.74, 6) is -0.581. The monoisotopic (exact) mass is 265 g/mol. The molecule has 1 saturated carbocycles. The van der Waals surface area contributed by atoms with E-state index in [2.05, 4.69) is 5.32 Å². The second-order valence-corrected chi connectivity index (χ2v) is 5.51. The van der Waals surface area contributed by atoms with Crippen LogP contribution in [0.2, 0.25) is 0 Å². The average molecular weight is 265 g/mol. The Morgan fingerprint density at radius 1 is 1.42 bits per heavy atom. The predicted molar refractivity (Wildman–Crippen MR) is 70.2 cm³/mol. The van der Waals surface area contributed by atoms with Crippen LogP contribution in [-0.2, 0) is 4.74 Å². The van der Waals surface area contributed by atoms with Crippen LogP contribution < -0.4 is 5.32 Å². The molecule has 0 aliphatic heterocycles. The van der Waals surface area contributed by atoms with Crippen LogP contribution >= 0.6 is 0 Å². The molecule has 2 rings (SSSR count). The number of rotatable bonds is 3. The number of hydrogen-bond acceptors (Lipinski definition) is 4. The van der Waals surface area contributed by atoms with Gasteiger partial charge in [0.05, 0.1) is 11.7 Å². The van der Waals surface area contributed by atoms with E-state index >= 15 is 0 Å². The summed E-state index contributed by atoms with van der Waals surface area (Å²) in [4.78, 5) is 12.1. The molecule has 3 N–H and O–H groups in total. The van der Waals surface area contributed by atoms with Gasteiger partial charge in [-0.15, -0.1) is 0 Å². The van der Waals surface area contributed by atoms with Gasteiger partial charge in [-0.25, -0.2) is 0 Å². The SMILES string of the molecule is COC1CC(NC(=O)c2cc(O)ccc2O)C1(C)C. The zero-order chi connectivity index (χ0) is 14.2. The quantitative estimate of drug-likeness (QED) is 0.726. The van der Waals surface area contributed by atoms with Crippen LogP contribution in [-0.4, -0.2) is 35.4 Å². The molecule has 0 radical (unpaired) electrons. The first kappa shape index (κ1) is 13.7. The molecule has 19 heavy (non-hydrogen) atoms. The number of aromatic hydroxyl groups is 2. The normalized spacial score (nSPS) is 24.6. The number of phenols is 2. The lowest BCUT2D eigenvalue weighted by Gasteiger charge is -2.51. The molecule has 0 saturated heterocycles. The van der Waals surface area contributed by atoms with Crippen molar-refractivity contribution >= 4 is 5.91 Å². The second-order valence-electron chi connectivity index (χ2n) is 5.51. The first-order chi connectivity index (χ1) is 8.86. The average Bonchev–Trinajstić information content (AvgIpc) is 2.36. The molecule has 1 aliphatic carbocycles. The maximum absolute atomic E-state index is 12.1. The fourth-order valence-electron chi connectivity index (χ4n) is 2.47. The lowest BCUT2D eigenvalue weighted by Crippen LogP contribution is -2.61. The van der Waals surface area contributed by atoms with Crippen LogP contribution in [0.15, 0.2) is 18.2 Å². The summed E-state index contributed by atoms with van der Waals surface area (Å²) in [6, 6.07) is 3.88. The van der Waals surface area contributed by atoms with Gasteiger partial charge in [0.15, 0.2) is 0 Å². The molecule has 0 heterocycles. The van der Waals surface area contributed by atoms with Crippen LogP contribution in [0, 0.1) is 5.41 Å². The molecule has 1 aromatic carbocycles. The van der Waals surface area contributed by atoms with Crippen molar-refractivity contribution in [3.05, 3.63) is 23.8 Å². The van der Waals surface area contributed by atoms with Gasteiger partial charge in [-0.1, -0.05) is 13.8 Å². The molecular formula is C14H19NO4. The van der Waals surface area contributed by atoms with E-state index in [9.17, 15) is 15.0 Å². The fourth-order valence-corrected chi connectivity index (χ4v) is 2.47. The van der Waals surface area contributed by atoms with E-state index in [0.29, 0.717) is 0 Å². The van der Waals surface area contributed by atoms with E-state index in [-0.39, 0.29) is 40.5 Å². The Balaban J connectivity index is 2.09. The zero-order valence-corrected chi connectivity index (χ0v) is 11.3. The molecule has 5 heteroatoms. The van der Waals surface area contributed by atoms with Gasteiger partial charge in [0.1, 0.15) is 11.5 Å². The molecule has 1 aromatic rings. The largest absolute Gasteiger partial charge is 0.508 e. The van der Waals surface area contributed by atoms with Crippen molar-refractivity contribution in [1.82, 2.24) is 5.32 Å². The highest BCUT2D eigenvalue weighted by Crippen LogP contribution is 2.42. The van der Waals surface area contributed by atoms with Crippen LogP contribution in [0.4, 0.5) is 0 Å². The smallest absolute Gasteiger partial charge is 0.255 e. The minimum atomic E-state index is -0.388. The summed E-state index contributed by atoms with van der Waals surface area (Å²) in [5, 5.41) is 21.9. The number of hydrogen-bond donors (Lipinski definition) is 3. The predicted octanol–water partition coefficient (Wildman–Crippen LogP) is 1.64. The Hall–Kier alpha value is -1.75. The van der Waals surface area contributed by atoms with Gasteiger partial charge in [0, 0.05) is 18.6 Å². The molecule has 2 unspecified atom stereocenters. The second kappa shape index (κ2) is 4.74. The summed E-state index contributed by atoms with van der Waals surface area (Å²) in [6.07, 6.45) is 0.866. The minimum Gasteiger partial charge on any atom is -0.508 e. The molecule has 1 fully saturated rings. The molecule has 2 atom stereocenters. The molecule has 1 aliphatic rings. The van der Waals surface area contributed by atoms with Gasteiger partial charge in [-0.2, -0.15) is 0 Å². The van der Waals surface area contributed by atoms with Crippen molar-refractivity contribution in [1.29, 1.82) is 0 Å². The molecule has 0 aromatic heterocycles. The first-order valence-electron chi connectivity index (χ1n) is 6.22. The lowest BCUT2D eigenvalue weighted by molar-refractivity contribution is -0.0942. The Labute approximate surface area is 112 Å². The van der Waals surface area contributed by atoms with Crippen molar-refractivity contribution in [3.8, 4) is 11.5 Å². The van der Waals surface area contributed by atoms with Crippen LogP contribution in [0.1, 0.15) is 30.6 Å². The summed E-state index contributed by atoms with van der Waals surface area (Å²) < 4.78 is 5.32. The highest BCUT2D eigenvalue weighted by atomic mass is 16.5. The van der Waals surface area contributed by atoms with Gasteiger partial charge >= 0.3 is 0 Å². The number of amides is 1. The Bertz CT molecular complexity index is 498. The number of carbonyl (C=O) groups is 1. The lowest BCUT2D eigenvalue weighted by atomic mass is 9.64. The van der Waals surface area contributed by atoms with Crippen molar-refractivity contribution in [3.63, 3.8) is 0 Å². The molecule has 104 valence electrons. The fraction of sp³-hybridized carbons (Fsp3) is 0.500. The first-order valence-corrected chi connectivity index (χ1v) is 6.22. The Morgan fingerprint density at radius 3 is 2.68 bits per heavy atom. The standard InChI is InChI=1S/C14H19NO4/c1-14(2)11(7-12(14)19-3)15-13(18)9-6-8(16)4-5-10(9)17/h4-6,11-12,16-17H,7H2,1-3H3,(H,15,18). The maximum atomic E-state index is 12.1. The van der Waals surface area contributed by atoms with E-state index in [1.807, 2.05) is 13.8 Å². The van der Waals surface area contributed by atoms with Crippen molar-refractivity contribution < 1.29 is 19.7 Å². The number of nitrogens with one attached hydrogen (secondary N) is 1. The van der Waals surface area contributed by atoms with Crippen LogP contribution in [0.3, 0.4) is 0 Å².